The van der Waals surface area contributed by atoms with Crippen LogP contribution in [0.15, 0.2) is 16.6 Å². The van der Waals surface area contributed by atoms with Gasteiger partial charge in [-0.1, -0.05) is 11.6 Å². The Kier molecular flexibility index (Phi) is 5.38. The van der Waals surface area contributed by atoms with Crippen LogP contribution in [0.2, 0.25) is 5.02 Å². The van der Waals surface area contributed by atoms with Gasteiger partial charge in [-0.2, -0.15) is 0 Å². The largest absolute Gasteiger partial charge is 0.490 e. The molecule has 90 valence electrons. The van der Waals surface area contributed by atoms with Crippen molar-refractivity contribution in [2.24, 2.45) is 0 Å². The molecule has 0 spiro atoms. The Morgan fingerprint density at radius 1 is 1.44 bits per heavy atom. The topological polar surface area (TPSA) is 38.5 Å². The summed E-state index contributed by atoms with van der Waals surface area (Å²) in [6, 6.07) is 3.47. The van der Waals surface area contributed by atoms with Crippen molar-refractivity contribution in [3.05, 3.63) is 21.6 Å². The molecular weight excluding hydrogens is 291 g/mol. The SMILES string of the molecule is CN(C)CCCOc1c(N)cc(Cl)cc1Br. The van der Waals surface area contributed by atoms with E-state index in [9.17, 15) is 0 Å². The second kappa shape index (κ2) is 6.33. The van der Waals surface area contributed by atoms with E-state index in [2.05, 4.69) is 20.8 Å². The minimum atomic E-state index is 0.559. The number of rotatable bonds is 5. The standard InChI is InChI=1S/C11H16BrClN2O/c1-15(2)4-3-5-16-11-9(12)6-8(13)7-10(11)14/h6-7H,3-5,14H2,1-2H3. The fraction of sp³-hybridized carbons (Fsp3) is 0.455. The highest BCUT2D eigenvalue weighted by molar-refractivity contribution is 9.10. The third-order valence-electron chi connectivity index (χ3n) is 2.03. The van der Waals surface area contributed by atoms with E-state index in [4.69, 9.17) is 22.1 Å². The minimum Gasteiger partial charge on any atom is -0.490 e. The Bertz CT molecular complexity index is 335. The summed E-state index contributed by atoms with van der Waals surface area (Å²) in [4.78, 5) is 2.11. The number of benzene rings is 1. The van der Waals surface area contributed by atoms with Crippen LogP contribution in [0.25, 0.3) is 0 Å². The van der Waals surface area contributed by atoms with Crippen molar-refractivity contribution < 1.29 is 4.74 Å². The maximum atomic E-state index is 5.85. The Morgan fingerprint density at radius 2 is 2.12 bits per heavy atom. The van der Waals surface area contributed by atoms with Crippen LogP contribution in [-0.4, -0.2) is 32.1 Å². The van der Waals surface area contributed by atoms with Gasteiger partial charge in [0.15, 0.2) is 5.75 Å². The van der Waals surface area contributed by atoms with Gasteiger partial charge >= 0.3 is 0 Å². The molecular formula is C11H16BrClN2O. The summed E-state index contributed by atoms with van der Waals surface area (Å²) in [5, 5.41) is 0.602. The van der Waals surface area contributed by atoms with Gasteiger partial charge in [0.1, 0.15) is 0 Å². The Hall–Kier alpha value is -0.450. The highest BCUT2D eigenvalue weighted by atomic mass is 79.9. The predicted octanol–water partition coefficient (Wildman–Crippen LogP) is 3.02. The van der Waals surface area contributed by atoms with Crippen molar-refractivity contribution in [3.8, 4) is 5.75 Å². The lowest BCUT2D eigenvalue weighted by Gasteiger charge is -2.13. The van der Waals surface area contributed by atoms with E-state index in [1.54, 1.807) is 12.1 Å². The molecule has 0 radical (unpaired) electrons. The first-order chi connectivity index (χ1) is 7.50. The second-order valence-electron chi connectivity index (χ2n) is 3.81. The second-order valence-corrected chi connectivity index (χ2v) is 5.10. The summed E-state index contributed by atoms with van der Waals surface area (Å²) in [6.45, 7) is 1.63. The summed E-state index contributed by atoms with van der Waals surface area (Å²) < 4.78 is 6.41. The van der Waals surface area contributed by atoms with Gasteiger partial charge in [-0.05, 0) is 48.6 Å². The highest BCUT2D eigenvalue weighted by Crippen LogP contribution is 2.34. The van der Waals surface area contributed by atoms with Crippen molar-refractivity contribution in [3.63, 3.8) is 0 Å². The Labute approximate surface area is 110 Å². The molecule has 0 bridgehead atoms. The van der Waals surface area contributed by atoms with Crippen molar-refractivity contribution in [2.45, 2.75) is 6.42 Å². The number of nitrogens with zero attached hydrogens (tertiary/aromatic N) is 1. The van der Waals surface area contributed by atoms with E-state index in [0.29, 0.717) is 23.1 Å². The van der Waals surface area contributed by atoms with E-state index in [0.717, 1.165) is 17.4 Å². The zero-order valence-corrected chi connectivity index (χ0v) is 11.8. The van der Waals surface area contributed by atoms with Gasteiger partial charge in [0, 0.05) is 11.6 Å². The van der Waals surface area contributed by atoms with Crippen LogP contribution >= 0.6 is 27.5 Å². The molecule has 3 nitrogen and oxygen atoms in total. The van der Waals surface area contributed by atoms with Gasteiger partial charge < -0.3 is 15.4 Å². The van der Waals surface area contributed by atoms with Gasteiger partial charge in [0.25, 0.3) is 0 Å². The summed E-state index contributed by atoms with van der Waals surface area (Å²) in [7, 11) is 4.07. The van der Waals surface area contributed by atoms with Crippen molar-refractivity contribution >= 4 is 33.2 Å². The number of anilines is 1. The van der Waals surface area contributed by atoms with Crippen molar-refractivity contribution in [1.82, 2.24) is 4.90 Å². The molecule has 0 saturated carbocycles. The fourth-order valence-electron chi connectivity index (χ4n) is 1.29. The molecule has 2 N–H and O–H groups in total. The van der Waals surface area contributed by atoms with Crippen LogP contribution in [0.4, 0.5) is 5.69 Å². The van der Waals surface area contributed by atoms with Crippen LogP contribution in [0.3, 0.4) is 0 Å². The minimum absolute atomic E-state index is 0.559. The molecule has 0 heterocycles. The van der Waals surface area contributed by atoms with Gasteiger partial charge in [-0.15, -0.1) is 0 Å². The number of nitrogens with two attached hydrogens (primary N) is 1. The normalized spacial score (nSPS) is 10.8. The smallest absolute Gasteiger partial charge is 0.156 e. The molecule has 0 unspecified atom stereocenters. The summed E-state index contributed by atoms with van der Waals surface area (Å²) in [6.07, 6.45) is 0.960. The van der Waals surface area contributed by atoms with Crippen LogP contribution in [0.5, 0.6) is 5.75 Å². The van der Waals surface area contributed by atoms with Crippen LogP contribution in [0, 0.1) is 0 Å². The molecule has 1 aromatic carbocycles. The van der Waals surface area contributed by atoms with Crippen molar-refractivity contribution in [1.29, 1.82) is 0 Å². The molecule has 0 aliphatic heterocycles. The van der Waals surface area contributed by atoms with E-state index < -0.39 is 0 Å². The van der Waals surface area contributed by atoms with Crippen LogP contribution < -0.4 is 10.5 Å². The Morgan fingerprint density at radius 3 is 2.69 bits per heavy atom. The maximum Gasteiger partial charge on any atom is 0.156 e. The first-order valence-corrected chi connectivity index (χ1v) is 6.20. The number of hydrogen-bond acceptors (Lipinski definition) is 3. The summed E-state index contributed by atoms with van der Waals surface area (Å²) >= 11 is 9.23. The molecule has 5 heteroatoms. The van der Waals surface area contributed by atoms with E-state index in [1.165, 1.54) is 0 Å². The molecule has 0 aliphatic rings. The Balaban J connectivity index is 2.54. The number of ether oxygens (including phenoxy) is 1. The number of halogens is 2. The number of nitrogen functional groups attached to an aromatic ring is 1. The molecule has 1 rings (SSSR count). The summed E-state index contributed by atoms with van der Waals surface area (Å²) in [5.41, 5.74) is 6.37. The lowest BCUT2D eigenvalue weighted by atomic mass is 10.3. The third kappa shape index (κ3) is 4.20. The van der Waals surface area contributed by atoms with Gasteiger partial charge in [-0.25, -0.2) is 0 Å². The van der Waals surface area contributed by atoms with Gasteiger partial charge in [0.05, 0.1) is 16.8 Å². The van der Waals surface area contributed by atoms with E-state index in [-0.39, 0.29) is 0 Å². The third-order valence-corrected chi connectivity index (χ3v) is 2.84. The molecule has 0 aliphatic carbocycles. The molecule has 0 atom stereocenters. The van der Waals surface area contributed by atoms with Gasteiger partial charge in [0.2, 0.25) is 0 Å². The van der Waals surface area contributed by atoms with Crippen LogP contribution in [-0.2, 0) is 0 Å². The molecule has 16 heavy (non-hydrogen) atoms. The van der Waals surface area contributed by atoms with E-state index in [1.807, 2.05) is 14.1 Å². The first kappa shape index (κ1) is 13.6. The fourth-order valence-corrected chi connectivity index (χ4v) is 2.24. The zero-order valence-electron chi connectivity index (χ0n) is 9.46. The highest BCUT2D eigenvalue weighted by Gasteiger charge is 2.07. The maximum absolute atomic E-state index is 5.85. The monoisotopic (exact) mass is 306 g/mol. The lowest BCUT2D eigenvalue weighted by Crippen LogP contribution is -2.15. The van der Waals surface area contributed by atoms with Crippen LogP contribution in [0.1, 0.15) is 6.42 Å². The average molecular weight is 308 g/mol. The van der Waals surface area contributed by atoms with Gasteiger partial charge in [-0.3, -0.25) is 0 Å². The lowest BCUT2D eigenvalue weighted by molar-refractivity contribution is 0.281. The quantitative estimate of drug-likeness (QED) is 0.671. The molecule has 0 fully saturated rings. The first-order valence-electron chi connectivity index (χ1n) is 5.02. The molecule has 1 aromatic rings. The average Bonchev–Trinajstić information content (AvgIpc) is 2.14. The zero-order chi connectivity index (χ0) is 12.1. The predicted molar refractivity (Wildman–Crippen MR) is 72.2 cm³/mol. The summed E-state index contributed by atoms with van der Waals surface area (Å²) in [5.74, 6) is 0.670. The molecule has 0 amide bonds. The van der Waals surface area contributed by atoms with Crippen molar-refractivity contribution in [2.75, 3.05) is 33.0 Å². The molecule has 0 aromatic heterocycles. The van der Waals surface area contributed by atoms with E-state index >= 15 is 0 Å². The molecule has 0 saturated heterocycles. The number of hydrogen-bond donors (Lipinski definition) is 1.